The molecular weight excluding hydrogens is 200 g/mol. The Balaban J connectivity index is 2.21. The number of nitrogens with two attached hydrogens (primary N) is 1. The Bertz CT molecular complexity index is 326. The zero-order valence-corrected chi connectivity index (χ0v) is 10.2. The van der Waals surface area contributed by atoms with E-state index in [9.17, 15) is 0 Å². The van der Waals surface area contributed by atoms with Gasteiger partial charge in [-0.1, -0.05) is 31.4 Å². The first-order valence-electron chi connectivity index (χ1n) is 6.49. The Morgan fingerprint density at radius 3 is 2.69 bits per heavy atom. The van der Waals surface area contributed by atoms with Crippen LogP contribution in [0.5, 0.6) is 0 Å². The predicted octanol–water partition coefficient (Wildman–Crippen LogP) is 1.85. The number of hydrogen-bond acceptors (Lipinski definition) is 3. The Labute approximate surface area is 97.2 Å². The average Bonchev–Trinajstić information content (AvgIpc) is 2.89. The molecule has 0 aromatic carbocycles. The topological polar surface area (TPSA) is 56.7 Å². The summed E-state index contributed by atoms with van der Waals surface area (Å²) in [6, 6.07) is 0.598. The molecule has 0 unspecified atom stereocenters. The molecule has 0 aliphatic heterocycles. The van der Waals surface area contributed by atoms with E-state index in [1.807, 2.05) is 0 Å². The van der Waals surface area contributed by atoms with E-state index in [0.717, 1.165) is 25.0 Å². The third-order valence-corrected chi connectivity index (χ3v) is 3.41. The van der Waals surface area contributed by atoms with Crippen LogP contribution < -0.4 is 5.73 Å². The van der Waals surface area contributed by atoms with Crippen LogP contribution in [0, 0.1) is 0 Å². The Morgan fingerprint density at radius 2 is 2.06 bits per heavy atom. The van der Waals surface area contributed by atoms with Gasteiger partial charge in [0.1, 0.15) is 0 Å². The minimum absolute atomic E-state index is 0.598. The van der Waals surface area contributed by atoms with Crippen molar-refractivity contribution in [2.45, 2.75) is 57.9 Å². The quantitative estimate of drug-likeness (QED) is 0.827. The summed E-state index contributed by atoms with van der Waals surface area (Å²) in [5, 5.41) is 8.65. The van der Waals surface area contributed by atoms with Crippen molar-refractivity contribution >= 4 is 0 Å². The molecule has 1 saturated carbocycles. The lowest BCUT2D eigenvalue weighted by molar-refractivity contribution is 0.437. The minimum atomic E-state index is 0.598. The second-order valence-corrected chi connectivity index (χ2v) is 4.65. The SMILES string of the molecule is CCCc1c(CCN)nnn1C1CCCC1. The fourth-order valence-electron chi connectivity index (χ4n) is 2.61. The molecule has 2 rings (SSSR count). The molecule has 1 aromatic rings. The average molecular weight is 222 g/mol. The molecule has 1 aliphatic rings. The van der Waals surface area contributed by atoms with Gasteiger partial charge in [-0.2, -0.15) is 0 Å². The monoisotopic (exact) mass is 222 g/mol. The molecular formula is C12H22N4. The summed E-state index contributed by atoms with van der Waals surface area (Å²) in [7, 11) is 0. The van der Waals surface area contributed by atoms with E-state index in [1.165, 1.54) is 31.4 Å². The molecule has 1 heterocycles. The second-order valence-electron chi connectivity index (χ2n) is 4.65. The number of nitrogens with zero attached hydrogens (tertiary/aromatic N) is 3. The van der Waals surface area contributed by atoms with Gasteiger partial charge in [-0.25, -0.2) is 4.68 Å². The third-order valence-electron chi connectivity index (χ3n) is 3.41. The maximum absolute atomic E-state index is 5.61. The summed E-state index contributed by atoms with van der Waals surface area (Å²) in [4.78, 5) is 0. The Kier molecular flexibility index (Phi) is 3.93. The molecule has 90 valence electrons. The molecule has 1 aromatic heterocycles. The molecule has 4 heteroatoms. The predicted molar refractivity (Wildman–Crippen MR) is 64.3 cm³/mol. The molecule has 0 amide bonds. The molecule has 1 fully saturated rings. The largest absolute Gasteiger partial charge is 0.330 e. The molecule has 4 nitrogen and oxygen atoms in total. The lowest BCUT2D eigenvalue weighted by Gasteiger charge is -2.13. The summed E-state index contributed by atoms with van der Waals surface area (Å²) in [5.41, 5.74) is 8.07. The van der Waals surface area contributed by atoms with Gasteiger partial charge in [-0.15, -0.1) is 5.10 Å². The van der Waals surface area contributed by atoms with Gasteiger partial charge in [-0.05, 0) is 25.8 Å². The molecule has 0 atom stereocenters. The third kappa shape index (κ3) is 2.26. The maximum Gasteiger partial charge on any atom is 0.0871 e. The van der Waals surface area contributed by atoms with Crippen molar-refractivity contribution in [2.24, 2.45) is 5.73 Å². The van der Waals surface area contributed by atoms with Gasteiger partial charge < -0.3 is 5.73 Å². The highest BCUT2D eigenvalue weighted by atomic mass is 15.4. The molecule has 0 spiro atoms. The van der Waals surface area contributed by atoms with Gasteiger partial charge in [0.05, 0.1) is 17.4 Å². The first kappa shape index (κ1) is 11.6. The lowest BCUT2D eigenvalue weighted by Crippen LogP contribution is -2.12. The molecule has 0 bridgehead atoms. The first-order chi connectivity index (χ1) is 7.86. The van der Waals surface area contributed by atoms with Crippen molar-refractivity contribution in [1.29, 1.82) is 0 Å². The number of aromatic nitrogens is 3. The van der Waals surface area contributed by atoms with Gasteiger partial charge in [0, 0.05) is 6.42 Å². The van der Waals surface area contributed by atoms with Crippen molar-refractivity contribution < 1.29 is 0 Å². The summed E-state index contributed by atoms with van der Waals surface area (Å²) in [6.07, 6.45) is 8.30. The van der Waals surface area contributed by atoms with Crippen molar-refractivity contribution in [3.05, 3.63) is 11.4 Å². The number of rotatable bonds is 5. The Hall–Kier alpha value is -0.900. The van der Waals surface area contributed by atoms with Crippen LogP contribution in [0.15, 0.2) is 0 Å². The minimum Gasteiger partial charge on any atom is -0.330 e. The zero-order valence-electron chi connectivity index (χ0n) is 10.2. The van der Waals surface area contributed by atoms with Crippen LogP contribution >= 0.6 is 0 Å². The summed E-state index contributed by atoms with van der Waals surface area (Å²) in [5.74, 6) is 0. The first-order valence-corrected chi connectivity index (χ1v) is 6.49. The van der Waals surface area contributed by atoms with E-state index in [-0.39, 0.29) is 0 Å². The van der Waals surface area contributed by atoms with Crippen LogP contribution in [-0.2, 0) is 12.8 Å². The molecule has 2 N–H and O–H groups in total. The van der Waals surface area contributed by atoms with Crippen molar-refractivity contribution in [1.82, 2.24) is 15.0 Å². The second kappa shape index (κ2) is 5.43. The van der Waals surface area contributed by atoms with Crippen LogP contribution in [0.2, 0.25) is 0 Å². The van der Waals surface area contributed by atoms with Gasteiger partial charge in [-0.3, -0.25) is 0 Å². The van der Waals surface area contributed by atoms with Gasteiger partial charge in [0.25, 0.3) is 0 Å². The standard InChI is InChI=1S/C12H22N4/c1-2-5-12-11(8-9-13)14-15-16(12)10-6-3-4-7-10/h10H,2-9,13H2,1H3. The van der Waals surface area contributed by atoms with E-state index >= 15 is 0 Å². The van der Waals surface area contributed by atoms with Crippen molar-refractivity contribution in [2.75, 3.05) is 6.54 Å². The fourth-order valence-corrected chi connectivity index (χ4v) is 2.61. The molecule has 0 radical (unpaired) electrons. The van der Waals surface area contributed by atoms with Gasteiger partial charge >= 0.3 is 0 Å². The van der Waals surface area contributed by atoms with E-state index in [0.29, 0.717) is 12.6 Å². The molecule has 16 heavy (non-hydrogen) atoms. The van der Waals surface area contributed by atoms with Crippen LogP contribution in [0.3, 0.4) is 0 Å². The van der Waals surface area contributed by atoms with Crippen molar-refractivity contribution in [3.63, 3.8) is 0 Å². The highest BCUT2D eigenvalue weighted by molar-refractivity contribution is 5.12. The van der Waals surface area contributed by atoms with E-state index in [4.69, 9.17) is 5.73 Å². The van der Waals surface area contributed by atoms with E-state index < -0.39 is 0 Å². The van der Waals surface area contributed by atoms with Gasteiger partial charge in [0.15, 0.2) is 0 Å². The van der Waals surface area contributed by atoms with E-state index in [2.05, 4.69) is 21.9 Å². The van der Waals surface area contributed by atoms with Gasteiger partial charge in [0.2, 0.25) is 0 Å². The fraction of sp³-hybridized carbons (Fsp3) is 0.833. The maximum atomic E-state index is 5.61. The van der Waals surface area contributed by atoms with E-state index in [1.54, 1.807) is 0 Å². The van der Waals surface area contributed by atoms with Crippen LogP contribution in [-0.4, -0.2) is 21.5 Å². The van der Waals surface area contributed by atoms with Crippen LogP contribution in [0.4, 0.5) is 0 Å². The lowest BCUT2D eigenvalue weighted by atomic mass is 10.1. The molecule has 1 aliphatic carbocycles. The van der Waals surface area contributed by atoms with Crippen LogP contribution in [0.1, 0.15) is 56.5 Å². The zero-order chi connectivity index (χ0) is 11.4. The van der Waals surface area contributed by atoms with Crippen LogP contribution in [0.25, 0.3) is 0 Å². The highest BCUT2D eigenvalue weighted by Gasteiger charge is 2.22. The Morgan fingerprint density at radius 1 is 1.31 bits per heavy atom. The number of hydrogen-bond donors (Lipinski definition) is 1. The molecule has 0 saturated heterocycles. The summed E-state index contributed by atoms with van der Waals surface area (Å²) < 4.78 is 2.18. The summed E-state index contributed by atoms with van der Waals surface area (Å²) in [6.45, 7) is 2.87. The normalized spacial score (nSPS) is 17.1. The van der Waals surface area contributed by atoms with Crippen molar-refractivity contribution in [3.8, 4) is 0 Å². The summed E-state index contributed by atoms with van der Waals surface area (Å²) >= 11 is 0. The highest BCUT2D eigenvalue weighted by Crippen LogP contribution is 2.30. The smallest absolute Gasteiger partial charge is 0.0871 e.